The lowest BCUT2D eigenvalue weighted by Gasteiger charge is -2.18. The highest BCUT2D eigenvalue weighted by molar-refractivity contribution is 14.1. The van der Waals surface area contributed by atoms with Gasteiger partial charge in [0.1, 0.15) is 0 Å². The van der Waals surface area contributed by atoms with Gasteiger partial charge in [0, 0.05) is 19.7 Å². The minimum atomic E-state index is 0.203. The van der Waals surface area contributed by atoms with Gasteiger partial charge in [0.15, 0.2) is 0 Å². The first-order valence-electron chi connectivity index (χ1n) is 5.97. The Kier molecular flexibility index (Phi) is 5.51. The molecule has 0 saturated carbocycles. The highest BCUT2D eigenvalue weighted by atomic mass is 127. The Morgan fingerprint density at radius 2 is 1.63 bits per heavy atom. The Morgan fingerprint density at radius 3 is 2.16 bits per heavy atom. The highest BCUT2D eigenvalue weighted by Gasteiger charge is 2.14. The summed E-state index contributed by atoms with van der Waals surface area (Å²) in [4.78, 5) is 0. The van der Waals surface area contributed by atoms with E-state index in [4.69, 9.17) is 23.2 Å². The van der Waals surface area contributed by atoms with Gasteiger partial charge in [-0.3, -0.25) is 0 Å². The smallest absolute Gasteiger partial charge is 0.0453 e. The molecule has 0 fully saturated rings. The van der Waals surface area contributed by atoms with Gasteiger partial charge < -0.3 is 5.32 Å². The zero-order valence-corrected chi connectivity index (χ0v) is 14.1. The van der Waals surface area contributed by atoms with Crippen LogP contribution in [-0.2, 0) is 6.42 Å². The molecule has 0 saturated heterocycles. The van der Waals surface area contributed by atoms with Crippen LogP contribution < -0.4 is 5.32 Å². The molecule has 1 atom stereocenters. The molecular weight excluding hydrogens is 392 g/mol. The standard InChI is InChI=1S/C15H14Cl2IN/c1-19-15(10-5-7-11(18)8-6-10)9-12-13(16)3-2-4-14(12)17/h2-8,15,19H,9H2,1H3. The maximum absolute atomic E-state index is 6.23. The summed E-state index contributed by atoms with van der Waals surface area (Å²) >= 11 is 14.8. The third-order valence-corrected chi connectivity index (χ3v) is 4.52. The van der Waals surface area contributed by atoms with E-state index in [0.29, 0.717) is 0 Å². The van der Waals surface area contributed by atoms with Crippen molar-refractivity contribution in [2.75, 3.05) is 7.05 Å². The van der Waals surface area contributed by atoms with Crippen LogP contribution in [0.4, 0.5) is 0 Å². The molecule has 1 nitrogen and oxygen atoms in total. The van der Waals surface area contributed by atoms with Crippen molar-refractivity contribution in [3.63, 3.8) is 0 Å². The van der Waals surface area contributed by atoms with Gasteiger partial charge in [0.05, 0.1) is 0 Å². The first-order chi connectivity index (χ1) is 9.11. The van der Waals surface area contributed by atoms with E-state index in [0.717, 1.165) is 22.0 Å². The fourth-order valence-electron chi connectivity index (χ4n) is 2.01. The number of benzene rings is 2. The molecule has 2 rings (SSSR count). The monoisotopic (exact) mass is 405 g/mol. The summed E-state index contributed by atoms with van der Waals surface area (Å²) in [5, 5.41) is 4.76. The van der Waals surface area contributed by atoms with E-state index in [2.05, 4.69) is 52.2 Å². The normalized spacial score (nSPS) is 12.4. The van der Waals surface area contributed by atoms with Crippen molar-refractivity contribution in [2.45, 2.75) is 12.5 Å². The van der Waals surface area contributed by atoms with E-state index in [9.17, 15) is 0 Å². The van der Waals surface area contributed by atoms with E-state index in [1.54, 1.807) is 0 Å². The largest absolute Gasteiger partial charge is 0.313 e. The minimum Gasteiger partial charge on any atom is -0.313 e. The Bertz CT molecular complexity index is 534. The van der Waals surface area contributed by atoms with E-state index < -0.39 is 0 Å². The molecule has 4 heteroatoms. The van der Waals surface area contributed by atoms with Crippen LogP contribution >= 0.6 is 45.8 Å². The summed E-state index contributed by atoms with van der Waals surface area (Å²) in [6, 6.07) is 14.3. The lowest BCUT2D eigenvalue weighted by atomic mass is 9.99. The van der Waals surface area contributed by atoms with Crippen LogP contribution in [0.5, 0.6) is 0 Å². The zero-order valence-electron chi connectivity index (χ0n) is 10.5. The maximum atomic E-state index is 6.23. The van der Waals surface area contributed by atoms with Crippen LogP contribution in [0.15, 0.2) is 42.5 Å². The third-order valence-electron chi connectivity index (χ3n) is 3.09. The Balaban J connectivity index is 2.26. The highest BCUT2D eigenvalue weighted by Crippen LogP contribution is 2.29. The van der Waals surface area contributed by atoms with Crippen molar-refractivity contribution in [2.24, 2.45) is 0 Å². The van der Waals surface area contributed by atoms with Gasteiger partial charge in [-0.05, 0) is 71.5 Å². The van der Waals surface area contributed by atoms with Gasteiger partial charge >= 0.3 is 0 Å². The summed E-state index contributed by atoms with van der Waals surface area (Å²) < 4.78 is 1.23. The van der Waals surface area contributed by atoms with Crippen molar-refractivity contribution in [1.29, 1.82) is 0 Å². The topological polar surface area (TPSA) is 12.0 Å². The van der Waals surface area contributed by atoms with Crippen molar-refractivity contribution >= 4 is 45.8 Å². The fourth-order valence-corrected chi connectivity index (χ4v) is 2.92. The molecule has 0 aliphatic carbocycles. The van der Waals surface area contributed by atoms with Gasteiger partial charge in [-0.25, -0.2) is 0 Å². The van der Waals surface area contributed by atoms with Gasteiger partial charge in [0.25, 0.3) is 0 Å². The molecule has 0 spiro atoms. The number of rotatable bonds is 4. The van der Waals surface area contributed by atoms with Crippen LogP contribution in [0.1, 0.15) is 17.2 Å². The first kappa shape index (κ1) is 15.1. The molecule has 0 aromatic heterocycles. The van der Waals surface area contributed by atoms with Crippen molar-refractivity contribution in [1.82, 2.24) is 5.32 Å². The van der Waals surface area contributed by atoms with Crippen molar-refractivity contribution in [3.05, 3.63) is 67.2 Å². The molecule has 0 radical (unpaired) electrons. The van der Waals surface area contributed by atoms with Gasteiger partial charge in [-0.1, -0.05) is 41.4 Å². The SMILES string of the molecule is CNC(Cc1c(Cl)cccc1Cl)c1ccc(I)cc1. The zero-order chi connectivity index (χ0) is 13.8. The number of hydrogen-bond donors (Lipinski definition) is 1. The van der Waals surface area contributed by atoms with Gasteiger partial charge in [-0.15, -0.1) is 0 Å². The predicted octanol–water partition coefficient (Wildman–Crippen LogP) is 5.10. The summed E-state index contributed by atoms with van der Waals surface area (Å²) in [5.74, 6) is 0. The van der Waals surface area contributed by atoms with E-state index >= 15 is 0 Å². The number of likely N-dealkylation sites (N-methyl/N-ethyl adjacent to an activating group) is 1. The molecule has 1 unspecified atom stereocenters. The minimum absolute atomic E-state index is 0.203. The van der Waals surface area contributed by atoms with Crippen LogP contribution in [0.25, 0.3) is 0 Å². The van der Waals surface area contributed by atoms with Crippen LogP contribution in [0, 0.1) is 3.57 Å². The molecule has 0 heterocycles. The number of halogens is 3. The average Bonchev–Trinajstić information content (AvgIpc) is 2.40. The first-order valence-corrected chi connectivity index (χ1v) is 7.81. The number of hydrogen-bond acceptors (Lipinski definition) is 1. The molecule has 19 heavy (non-hydrogen) atoms. The average molecular weight is 406 g/mol. The Morgan fingerprint density at radius 1 is 1.05 bits per heavy atom. The molecule has 0 bridgehead atoms. The summed E-state index contributed by atoms with van der Waals surface area (Å²) in [5.41, 5.74) is 2.22. The van der Waals surface area contributed by atoms with Crippen molar-refractivity contribution in [3.8, 4) is 0 Å². The lowest BCUT2D eigenvalue weighted by Crippen LogP contribution is -2.19. The Labute approximate surface area is 137 Å². The second kappa shape index (κ2) is 6.93. The molecule has 0 amide bonds. The predicted molar refractivity (Wildman–Crippen MR) is 91.1 cm³/mol. The summed E-state index contributed by atoms with van der Waals surface area (Å²) in [6.45, 7) is 0. The molecule has 0 aliphatic rings. The Hall–Kier alpha value is -0.290. The van der Waals surface area contributed by atoms with Gasteiger partial charge in [0.2, 0.25) is 0 Å². The van der Waals surface area contributed by atoms with E-state index in [-0.39, 0.29) is 6.04 Å². The van der Waals surface area contributed by atoms with Crippen LogP contribution in [0.3, 0.4) is 0 Å². The summed E-state index contributed by atoms with van der Waals surface area (Å²) in [6.07, 6.45) is 0.773. The number of nitrogens with one attached hydrogen (secondary N) is 1. The molecular formula is C15H14Cl2IN. The van der Waals surface area contributed by atoms with Crippen LogP contribution in [-0.4, -0.2) is 7.05 Å². The van der Waals surface area contributed by atoms with Gasteiger partial charge in [-0.2, -0.15) is 0 Å². The maximum Gasteiger partial charge on any atom is 0.0453 e. The fraction of sp³-hybridized carbons (Fsp3) is 0.200. The van der Waals surface area contributed by atoms with Crippen LogP contribution in [0.2, 0.25) is 10.0 Å². The quantitative estimate of drug-likeness (QED) is 0.697. The molecule has 2 aromatic carbocycles. The van der Waals surface area contributed by atoms with Crippen molar-refractivity contribution < 1.29 is 0 Å². The van der Waals surface area contributed by atoms with E-state index in [1.165, 1.54) is 9.13 Å². The molecule has 1 N–H and O–H groups in total. The molecule has 0 aliphatic heterocycles. The second-order valence-corrected chi connectivity index (χ2v) is 6.36. The second-order valence-electron chi connectivity index (χ2n) is 4.30. The van der Waals surface area contributed by atoms with E-state index in [1.807, 2.05) is 25.2 Å². The molecule has 100 valence electrons. The lowest BCUT2D eigenvalue weighted by molar-refractivity contribution is 0.592. The summed E-state index contributed by atoms with van der Waals surface area (Å²) in [7, 11) is 1.95. The third kappa shape index (κ3) is 3.85. The molecule has 2 aromatic rings.